The second-order valence-corrected chi connectivity index (χ2v) is 4.83. The van der Waals surface area contributed by atoms with Crippen LogP contribution in [-0.4, -0.2) is 10.7 Å². The largest absolute Gasteiger partial charge is 0.323 e. The molecule has 0 amide bonds. The zero-order valence-electron chi connectivity index (χ0n) is 9.11. The Morgan fingerprint density at radius 1 is 1.00 bits per heavy atom. The SMILES string of the molecule is CC1CC(C)CC(Nn2cccc2)C1. The van der Waals surface area contributed by atoms with E-state index in [4.69, 9.17) is 0 Å². The molecule has 1 saturated carbocycles. The van der Waals surface area contributed by atoms with Crippen molar-refractivity contribution >= 4 is 0 Å². The molecular formula is C12H20N2. The second-order valence-electron chi connectivity index (χ2n) is 4.83. The van der Waals surface area contributed by atoms with Crippen molar-refractivity contribution in [3.63, 3.8) is 0 Å². The molecule has 2 heteroatoms. The van der Waals surface area contributed by atoms with Gasteiger partial charge >= 0.3 is 0 Å². The molecule has 2 unspecified atom stereocenters. The first kappa shape index (κ1) is 9.63. The molecule has 14 heavy (non-hydrogen) atoms. The lowest BCUT2D eigenvalue weighted by molar-refractivity contribution is 0.271. The summed E-state index contributed by atoms with van der Waals surface area (Å²) in [6.07, 6.45) is 8.16. The molecule has 2 nitrogen and oxygen atoms in total. The van der Waals surface area contributed by atoms with Crippen molar-refractivity contribution in [2.75, 3.05) is 5.43 Å². The topological polar surface area (TPSA) is 17.0 Å². The summed E-state index contributed by atoms with van der Waals surface area (Å²) in [5.74, 6) is 1.73. The van der Waals surface area contributed by atoms with Gasteiger partial charge in [-0.25, -0.2) is 0 Å². The number of aromatic nitrogens is 1. The van der Waals surface area contributed by atoms with Crippen LogP contribution in [0.3, 0.4) is 0 Å². The second kappa shape index (κ2) is 4.07. The quantitative estimate of drug-likeness (QED) is 0.762. The summed E-state index contributed by atoms with van der Waals surface area (Å²) in [6, 6.07) is 4.77. The molecule has 1 N–H and O–H groups in total. The monoisotopic (exact) mass is 192 g/mol. The molecule has 0 saturated heterocycles. The van der Waals surface area contributed by atoms with Crippen molar-refractivity contribution in [3.8, 4) is 0 Å². The van der Waals surface area contributed by atoms with Crippen LogP contribution in [0.5, 0.6) is 0 Å². The smallest absolute Gasteiger partial charge is 0.0429 e. The summed E-state index contributed by atoms with van der Waals surface area (Å²) in [5.41, 5.74) is 3.54. The summed E-state index contributed by atoms with van der Waals surface area (Å²) in [7, 11) is 0. The van der Waals surface area contributed by atoms with Gasteiger partial charge in [0.2, 0.25) is 0 Å². The maximum absolute atomic E-state index is 3.54. The maximum Gasteiger partial charge on any atom is 0.0429 e. The van der Waals surface area contributed by atoms with Crippen LogP contribution in [-0.2, 0) is 0 Å². The third-order valence-electron chi connectivity index (χ3n) is 3.11. The average molecular weight is 192 g/mol. The van der Waals surface area contributed by atoms with E-state index in [-0.39, 0.29) is 0 Å². The Balaban J connectivity index is 1.91. The van der Waals surface area contributed by atoms with Crippen LogP contribution < -0.4 is 5.43 Å². The lowest BCUT2D eigenvalue weighted by Gasteiger charge is -2.32. The Morgan fingerprint density at radius 3 is 2.14 bits per heavy atom. The molecule has 1 aromatic rings. The summed E-state index contributed by atoms with van der Waals surface area (Å²) in [4.78, 5) is 0. The van der Waals surface area contributed by atoms with Gasteiger partial charge in [0.05, 0.1) is 0 Å². The molecule has 1 aromatic heterocycles. The highest BCUT2D eigenvalue weighted by Gasteiger charge is 2.23. The van der Waals surface area contributed by atoms with E-state index >= 15 is 0 Å². The molecule has 1 heterocycles. The molecule has 2 atom stereocenters. The van der Waals surface area contributed by atoms with Crippen LogP contribution in [0.15, 0.2) is 24.5 Å². The summed E-state index contributed by atoms with van der Waals surface area (Å²) >= 11 is 0. The van der Waals surface area contributed by atoms with Gasteiger partial charge in [0.25, 0.3) is 0 Å². The van der Waals surface area contributed by atoms with E-state index in [9.17, 15) is 0 Å². The predicted octanol–water partition coefficient (Wildman–Crippen LogP) is 2.86. The molecule has 0 aliphatic heterocycles. The summed E-state index contributed by atoms with van der Waals surface area (Å²) in [5, 5.41) is 0. The standard InChI is InChI=1S/C12H20N2/c1-10-7-11(2)9-12(8-10)13-14-5-3-4-6-14/h3-6,10-13H,7-9H2,1-2H3. The summed E-state index contributed by atoms with van der Waals surface area (Å²) < 4.78 is 2.08. The Labute approximate surface area is 86.3 Å². The molecule has 0 radical (unpaired) electrons. The first-order valence-corrected chi connectivity index (χ1v) is 5.63. The van der Waals surface area contributed by atoms with Crippen molar-refractivity contribution in [1.29, 1.82) is 0 Å². The Hall–Kier alpha value is -0.920. The van der Waals surface area contributed by atoms with Crippen molar-refractivity contribution in [2.45, 2.75) is 39.2 Å². The van der Waals surface area contributed by atoms with Gasteiger partial charge in [0, 0.05) is 18.4 Å². The van der Waals surface area contributed by atoms with E-state index in [1.165, 1.54) is 19.3 Å². The molecule has 1 fully saturated rings. The number of hydrogen-bond acceptors (Lipinski definition) is 1. The number of hydrogen-bond donors (Lipinski definition) is 1. The van der Waals surface area contributed by atoms with Gasteiger partial charge in [-0.1, -0.05) is 13.8 Å². The first-order chi connectivity index (χ1) is 6.74. The van der Waals surface area contributed by atoms with Crippen molar-refractivity contribution in [1.82, 2.24) is 4.68 Å². The lowest BCUT2D eigenvalue weighted by Crippen LogP contribution is -2.34. The number of nitrogens with zero attached hydrogens (tertiary/aromatic N) is 1. The van der Waals surface area contributed by atoms with Gasteiger partial charge in [-0.3, -0.25) is 4.68 Å². The Kier molecular flexibility index (Phi) is 2.80. The third-order valence-corrected chi connectivity index (χ3v) is 3.11. The van der Waals surface area contributed by atoms with E-state index in [2.05, 4.69) is 48.5 Å². The van der Waals surface area contributed by atoms with Crippen LogP contribution >= 0.6 is 0 Å². The van der Waals surface area contributed by atoms with Gasteiger partial charge in [0.1, 0.15) is 0 Å². The molecule has 1 aliphatic rings. The number of rotatable bonds is 2. The van der Waals surface area contributed by atoms with Crippen molar-refractivity contribution < 1.29 is 0 Å². The van der Waals surface area contributed by atoms with Gasteiger partial charge < -0.3 is 5.43 Å². The molecule has 0 spiro atoms. The average Bonchev–Trinajstić information content (AvgIpc) is 2.54. The highest BCUT2D eigenvalue weighted by Crippen LogP contribution is 2.28. The van der Waals surface area contributed by atoms with Crippen molar-refractivity contribution in [3.05, 3.63) is 24.5 Å². The fourth-order valence-electron chi connectivity index (χ4n) is 2.68. The fourth-order valence-corrected chi connectivity index (χ4v) is 2.68. The van der Waals surface area contributed by atoms with Gasteiger partial charge in [-0.15, -0.1) is 0 Å². The van der Waals surface area contributed by atoms with E-state index in [1.54, 1.807) is 0 Å². The maximum atomic E-state index is 3.54. The minimum atomic E-state index is 0.654. The van der Waals surface area contributed by atoms with Crippen molar-refractivity contribution in [2.24, 2.45) is 11.8 Å². The Bertz CT molecular complexity index is 256. The van der Waals surface area contributed by atoms with Crippen LogP contribution in [0.2, 0.25) is 0 Å². The molecule has 1 aliphatic carbocycles. The van der Waals surface area contributed by atoms with Gasteiger partial charge in [0.15, 0.2) is 0 Å². The molecule has 2 rings (SSSR count). The van der Waals surface area contributed by atoms with Gasteiger partial charge in [-0.2, -0.15) is 0 Å². The molecular weight excluding hydrogens is 172 g/mol. The zero-order valence-corrected chi connectivity index (χ0v) is 9.11. The fraction of sp³-hybridized carbons (Fsp3) is 0.667. The minimum absolute atomic E-state index is 0.654. The lowest BCUT2D eigenvalue weighted by atomic mass is 9.81. The first-order valence-electron chi connectivity index (χ1n) is 5.63. The molecule has 78 valence electrons. The third kappa shape index (κ3) is 2.31. The zero-order chi connectivity index (χ0) is 9.97. The van der Waals surface area contributed by atoms with E-state index in [0.29, 0.717) is 6.04 Å². The van der Waals surface area contributed by atoms with E-state index in [0.717, 1.165) is 11.8 Å². The van der Waals surface area contributed by atoms with Crippen LogP contribution in [0, 0.1) is 11.8 Å². The number of nitrogens with one attached hydrogen (secondary N) is 1. The van der Waals surface area contributed by atoms with Crippen LogP contribution in [0.1, 0.15) is 33.1 Å². The van der Waals surface area contributed by atoms with Crippen LogP contribution in [0.25, 0.3) is 0 Å². The Morgan fingerprint density at radius 2 is 1.57 bits per heavy atom. The molecule has 0 aromatic carbocycles. The predicted molar refractivity (Wildman–Crippen MR) is 59.8 cm³/mol. The minimum Gasteiger partial charge on any atom is -0.323 e. The van der Waals surface area contributed by atoms with E-state index in [1.807, 2.05) is 0 Å². The highest BCUT2D eigenvalue weighted by molar-refractivity contribution is 4.96. The van der Waals surface area contributed by atoms with Gasteiger partial charge in [-0.05, 0) is 43.2 Å². The summed E-state index contributed by atoms with van der Waals surface area (Å²) in [6.45, 7) is 4.72. The van der Waals surface area contributed by atoms with Crippen LogP contribution in [0.4, 0.5) is 0 Å². The highest BCUT2D eigenvalue weighted by atomic mass is 15.4. The molecule has 0 bridgehead atoms. The normalized spacial score (nSPS) is 32.9. The van der Waals surface area contributed by atoms with E-state index < -0.39 is 0 Å².